The van der Waals surface area contributed by atoms with Gasteiger partial charge in [0.1, 0.15) is 5.75 Å². The number of nitrogens with one attached hydrogen (secondary N) is 1. The number of hydrogen-bond donors (Lipinski definition) is 3. The Bertz CT molecular complexity index is 476. The first kappa shape index (κ1) is 15.5. The summed E-state index contributed by atoms with van der Waals surface area (Å²) in [7, 11) is 0. The molecule has 104 valence electrons. The van der Waals surface area contributed by atoms with Crippen LogP contribution in [0.4, 0.5) is 0 Å². The number of benzene rings is 1. The summed E-state index contributed by atoms with van der Waals surface area (Å²) in [5, 5.41) is 21.1. The molecule has 1 unspecified atom stereocenters. The fraction of sp³-hybridized carbons (Fsp3) is 0.385. The lowest BCUT2D eigenvalue weighted by Crippen LogP contribution is -2.35. The number of carboxylic acids is 1. The van der Waals surface area contributed by atoms with Gasteiger partial charge in [0.25, 0.3) is 0 Å². The Morgan fingerprint density at radius 2 is 2.11 bits per heavy atom. The van der Waals surface area contributed by atoms with E-state index in [1.54, 1.807) is 18.2 Å². The molecular weight excluding hydrogens is 314 g/mol. The van der Waals surface area contributed by atoms with E-state index in [1.165, 1.54) is 6.92 Å². The lowest BCUT2D eigenvalue weighted by molar-refractivity contribution is -0.137. The third kappa shape index (κ3) is 5.74. The molecule has 0 aromatic heterocycles. The molecule has 0 saturated heterocycles. The van der Waals surface area contributed by atoms with E-state index in [9.17, 15) is 14.7 Å². The summed E-state index contributed by atoms with van der Waals surface area (Å²) in [6.45, 7) is 1.38. The van der Waals surface area contributed by atoms with Crippen LogP contribution in [0.5, 0.6) is 5.75 Å². The van der Waals surface area contributed by atoms with Gasteiger partial charge in [-0.2, -0.15) is 0 Å². The Labute approximate surface area is 119 Å². The summed E-state index contributed by atoms with van der Waals surface area (Å²) < 4.78 is 0.820. The number of phenolic OH excluding ortho intramolecular Hbond substituents is 1. The van der Waals surface area contributed by atoms with Crippen LogP contribution in [0.25, 0.3) is 0 Å². The molecule has 1 amide bonds. The van der Waals surface area contributed by atoms with E-state index >= 15 is 0 Å². The van der Waals surface area contributed by atoms with Crippen molar-refractivity contribution in [3.8, 4) is 5.75 Å². The van der Waals surface area contributed by atoms with Crippen molar-refractivity contribution in [2.24, 2.45) is 0 Å². The number of phenols is 1. The van der Waals surface area contributed by atoms with Gasteiger partial charge in [0.05, 0.1) is 0 Å². The van der Waals surface area contributed by atoms with Crippen molar-refractivity contribution < 1.29 is 19.8 Å². The Balaban J connectivity index is 2.77. The van der Waals surface area contributed by atoms with Crippen molar-refractivity contribution in [2.45, 2.75) is 32.2 Å². The first-order chi connectivity index (χ1) is 8.88. The predicted molar refractivity (Wildman–Crippen MR) is 74.0 cm³/mol. The Kier molecular flexibility index (Phi) is 5.82. The zero-order valence-corrected chi connectivity index (χ0v) is 12.1. The average molecular weight is 330 g/mol. The molecule has 0 aliphatic rings. The molecule has 6 heteroatoms. The van der Waals surface area contributed by atoms with Crippen LogP contribution in [0.1, 0.15) is 25.3 Å². The summed E-state index contributed by atoms with van der Waals surface area (Å²) in [6.07, 6.45) is 0.679. The summed E-state index contributed by atoms with van der Waals surface area (Å²) in [6, 6.07) is 4.71. The SMILES string of the molecule is CC(=O)NC(CCC(=O)O)Cc1cc(Br)ccc1O. The van der Waals surface area contributed by atoms with Crippen LogP contribution in [0, 0.1) is 0 Å². The molecule has 0 aliphatic carbocycles. The van der Waals surface area contributed by atoms with Crippen molar-refractivity contribution in [1.29, 1.82) is 0 Å². The molecule has 0 heterocycles. The van der Waals surface area contributed by atoms with Crippen molar-refractivity contribution >= 4 is 27.8 Å². The monoisotopic (exact) mass is 329 g/mol. The molecule has 1 rings (SSSR count). The smallest absolute Gasteiger partial charge is 0.303 e. The fourth-order valence-corrected chi connectivity index (χ4v) is 2.20. The van der Waals surface area contributed by atoms with Crippen LogP contribution >= 0.6 is 15.9 Å². The maximum absolute atomic E-state index is 11.1. The predicted octanol–water partition coefficient (Wildman–Crippen LogP) is 2.07. The molecular formula is C13H16BrNO4. The molecule has 0 radical (unpaired) electrons. The van der Waals surface area contributed by atoms with Crippen molar-refractivity contribution in [3.63, 3.8) is 0 Å². The highest BCUT2D eigenvalue weighted by Gasteiger charge is 2.15. The van der Waals surface area contributed by atoms with Crippen molar-refractivity contribution in [1.82, 2.24) is 5.32 Å². The van der Waals surface area contributed by atoms with Gasteiger partial charge in [-0.1, -0.05) is 15.9 Å². The molecule has 3 N–H and O–H groups in total. The lowest BCUT2D eigenvalue weighted by Gasteiger charge is -2.18. The second kappa shape index (κ2) is 7.13. The molecule has 0 saturated carbocycles. The Morgan fingerprint density at radius 1 is 1.42 bits per heavy atom. The molecule has 1 atom stereocenters. The van der Waals surface area contributed by atoms with E-state index in [1.807, 2.05) is 0 Å². The molecule has 1 aromatic carbocycles. The quantitative estimate of drug-likeness (QED) is 0.745. The van der Waals surface area contributed by atoms with Gasteiger partial charge in [-0.05, 0) is 36.6 Å². The number of aliphatic carboxylic acids is 1. The number of amides is 1. The summed E-state index contributed by atoms with van der Waals surface area (Å²) in [4.78, 5) is 21.7. The first-order valence-corrected chi connectivity index (χ1v) is 6.64. The number of carboxylic acid groups (broad SMARTS) is 1. The van der Waals surface area contributed by atoms with Crippen LogP contribution < -0.4 is 5.32 Å². The van der Waals surface area contributed by atoms with Crippen molar-refractivity contribution in [3.05, 3.63) is 28.2 Å². The number of hydrogen-bond acceptors (Lipinski definition) is 3. The highest BCUT2D eigenvalue weighted by molar-refractivity contribution is 9.10. The standard InChI is InChI=1S/C13H16BrNO4/c1-8(16)15-11(3-5-13(18)19)7-9-6-10(14)2-4-12(9)17/h2,4,6,11,17H,3,5,7H2,1H3,(H,15,16)(H,18,19). The van der Waals surface area contributed by atoms with Gasteiger partial charge in [-0.3, -0.25) is 9.59 Å². The largest absolute Gasteiger partial charge is 0.508 e. The maximum atomic E-state index is 11.1. The molecule has 1 aromatic rings. The van der Waals surface area contributed by atoms with E-state index in [2.05, 4.69) is 21.2 Å². The van der Waals surface area contributed by atoms with E-state index in [0.29, 0.717) is 18.4 Å². The van der Waals surface area contributed by atoms with Crippen molar-refractivity contribution in [2.75, 3.05) is 0 Å². The van der Waals surface area contributed by atoms with Gasteiger partial charge in [-0.15, -0.1) is 0 Å². The maximum Gasteiger partial charge on any atom is 0.303 e. The van der Waals surface area contributed by atoms with Gasteiger partial charge in [0, 0.05) is 23.9 Å². The summed E-state index contributed by atoms with van der Waals surface area (Å²) in [5.41, 5.74) is 0.665. The summed E-state index contributed by atoms with van der Waals surface area (Å²) >= 11 is 3.31. The highest BCUT2D eigenvalue weighted by Crippen LogP contribution is 2.23. The van der Waals surface area contributed by atoms with Crippen LogP contribution in [-0.4, -0.2) is 28.1 Å². The zero-order chi connectivity index (χ0) is 14.4. The summed E-state index contributed by atoms with van der Waals surface area (Å²) in [5.74, 6) is -0.993. The van der Waals surface area contributed by atoms with E-state index in [0.717, 1.165) is 4.47 Å². The van der Waals surface area contributed by atoms with E-state index < -0.39 is 5.97 Å². The number of aromatic hydroxyl groups is 1. The molecule has 19 heavy (non-hydrogen) atoms. The highest BCUT2D eigenvalue weighted by atomic mass is 79.9. The molecule has 5 nitrogen and oxygen atoms in total. The van der Waals surface area contributed by atoms with Gasteiger partial charge < -0.3 is 15.5 Å². The minimum atomic E-state index is -0.909. The van der Waals surface area contributed by atoms with Gasteiger partial charge >= 0.3 is 5.97 Å². The Hall–Kier alpha value is -1.56. The van der Waals surface area contributed by atoms with Crippen LogP contribution in [-0.2, 0) is 16.0 Å². The average Bonchev–Trinajstić information content (AvgIpc) is 2.30. The van der Waals surface area contributed by atoms with E-state index in [4.69, 9.17) is 5.11 Å². The van der Waals surface area contributed by atoms with Gasteiger partial charge in [0.2, 0.25) is 5.91 Å². The molecule has 0 aliphatic heterocycles. The van der Waals surface area contributed by atoms with Crippen LogP contribution in [0.15, 0.2) is 22.7 Å². The third-order valence-electron chi connectivity index (χ3n) is 2.62. The second-order valence-corrected chi connectivity index (χ2v) is 5.22. The normalized spacial score (nSPS) is 11.9. The zero-order valence-electron chi connectivity index (χ0n) is 10.5. The molecule has 0 bridgehead atoms. The number of carbonyl (C=O) groups is 2. The molecule has 0 spiro atoms. The first-order valence-electron chi connectivity index (χ1n) is 5.84. The minimum Gasteiger partial charge on any atom is -0.508 e. The number of carbonyl (C=O) groups excluding carboxylic acids is 1. The Morgan fingerprint density at radius 3 is 2.68 bits per heavy atom. The van der Waals surface area contributed by atoms with Crippen LogP contribution in [0.3, 0.4) is 0 Å². The third-order valence-corrected chi connectivity index (χ3v) is 3.12. The topological polar surface area (TPSA) is 86.6 Å². The van der Waals surface area contributed by atoms with Crippen LogP contribution in [0.2, 0.25) is 0 Å². The minimum absolute atomic E-state index is 0.0281. The fourth-order valence-electron chi connectivity index (χ4n) is 1.79. The number of rotatable bonds is 6. The van der Waals surface area contributed by atoms with Gasteiger partial charge in [-0.25, -0.2) is 0 Å². The van der Waals surface area contributed by atoms with E-state index in [-0.39, 0.29) is 24.1 Å². The second-order valence-electron chi connectivity index (χ2n) is 4.31. The number of halogens is 1. The lowest BCUT2D eigenvalue weighted by atomic mass is 10.0. The van der Waals surface area contributed by atoms with Gasteiger partial charge in [0.15, 0.2) is 0 Å². The molecule has 0 fully saturated rings.